The first-order chi connectivity index (χ1) is 14.5. The number of amides is 3. The second-order valence-corrected chi connectivity index (χ2v) is 6.81. The highest BCUT2D eigenvalue weighted by atomic mass is 16.5. The summed E-state index contributed by atoms with van der Waals surface area (Å²) in [6, 6.07) is 16.0. The fourth-order valence-electron chi connectivity index (χ4n) is 2.75. The molecule has 1 heterocycles. The van der Waals surface area contributed by atoms with E-state index < -0.39 is 0 Å². The Morgan fingerprint density at radius 1 is 0.933 bits per heavy atom. The maximum Gasteiger partial charge on any atom is 0.319 e. The summed E-state index contributed by atoms with van der Waals surface area (Å²) in [6.07, 6.45) is 1.79. The molecule has 0 bridgehead atoms. The van der Waals surface area contributed by atoms with Crippen LogP contribution in [0.1, 0.15) is 23.3 Å². The third-order valence-electron chi connectivity index (χ3n) is 4.57. The number of nitrogens with one attached hydrogen (secondary N) is 3. The van der Waals surface area contributed by atoms with E-state index in [1.165, 1.54) is 0 Å². The van der Waals surface area contributed by atoms with E-state index in [0.717, 1.165) is 16.9 Å². The van der Waals surface area contributed by atoms with Gasteiger partial charge < -0.3 is 25.1 Å². The molecular formula is C23H25N3O4. The molecule has 7 heteroatoms. The van der Waals surface area contributed by atoms with Crippen LogP contribution >= 0.6 is 0 Å². The van der Waals surface area contributed by atoms with Gasteiger partial charge in [-0.25, -0.2) is 4.79 Å². The van der Waals surface area contributed by atoms with E-state index in [2.05, 4.69) is 16.0 Å². The van der Waals surface area contributed by atoms with Crippen molar-refractivity contribution in [3.63, 3.8) is 0 Å². The highest BCUT2D eigenvalue weighted by Crippen LogP contribution is 2.20. The van der Waals surface area contributed by atoms with Gasteiger partial charge in [0.1, 0.15) is 11.5 Å². The zero-order valence-corrected chi connectivity index (χ0v) is 17.0. The zero-order valence-electron chi connectivity index (χ0n) is 17.0. The highest BCUT2D eigenvalue weighted by Gasteiger charge is 2.07. The maximum absolute atomic E-state index is 12.1. The molecule has 156 valence electrons. The van der Waals surface area contributed by atoms with E-state index in [-0.39, 0.29) is 18.4 Å². The Kier molecular flexibility index (Phi) is 7.10. The smallest absolute Gasteiger partial charge is 0.319 e. The molecule has 3 aromatic rings. The predicted molar refractivity (Wildman–Crippen MR) is 116 cm³/mol. The molecule has 3 amide bonds. The largest absolute Gasteiger partial charge is 0.493 e. The van der Waals surface area contributed by atoms with Crippen LogP contribution in [0.4, 0.5) is 16.2 Å². The zero-order chi connectivity index (χ0) is 21.3. The van der Waals surface area contributed by atoms with Crippen LogP contribution in [0.15, 0.2) is 65.3 Å². The molecule has 0 aliphatic carbocycles. The summed E-state index contributed by atoms with van der Waals surface area (Å²) in [5, 5.41) is 8.24. The first-order valence-electron chi connectivity index (χ1n) is 9.67. The topological polar surface area (TPSA) is 92.6 Å². The average molecular weight is 407 g/mol. The number of anilines is 2. The number of carbonyl (C=O) groups is 2. The minimum absolute atomic E-state index is 0.141. The summed E-state index contributed by atoms with van der Waals surface area (Å²) in [5.74, 6) is 1.32. The Bertz CT molecular complexity index is 982. The first kappa shape index (κ1) is 21.0. The molecular weight excluding hydrogens is 382 g/mol. The summed E-state index contributed by atoms with van der Waals surface area (Å²) in [4.78, 5) is 24.0. The van der Waals surface area contributed by atoms with Crippen LogP contribution in [0.3, 0.4) is 0 Å². The minimum atomic E-state index is -0.341. The number of furan rings is 1. The molecule has 0 atom stereocenters. The van der Waals surface area contributed by atoms with Gasteiger partial charge in [-0.15, -0.1) is 0 Å². The van der Waals surface area contributed by atoms with Gasteiger partial charge >= 0.3 is 6.03 Å². The predicted octanol–water partition coefficient (Wildman–Crippen LogP) is 4.63. The van der Waals surface area contributed by atoms with Gasteiger partial charge in [-0.2, -0.15) is 0 Å². The molecule has 0 aliphatic rings. The monoisotopic (exact) mass is 407 g/mol. The molecule has 1 aromatic heterocycles. The molecule has 0 aliphatic heterocycles. The minimum Gasteiger partial charge on any atom is -0.493 e. The van der Waals surface area contributed by atoms with Crippen LogP contribution in [-0.4, -0.2) is 18.5 Å². The van der Waals surface area contributed by atoms with Gasteiger partial charge in [-0.3, -0.25) is 4.79 Å². The molecule has 7 nitrogen and oxygen atoms in total. The lowest BCUT2D eigenvalue weighted by atomic mass is 10.1. The number of benzene rings is 2. The second kappa shape index (κ2) is 10.2. The Labute approximate surface area is 175 Å². The molecule has 0 radical (unpaired) electrons. The van der Waals surface area contributed by atoms with Crippen LogP contribution in [0.5, 0.6) is 5.75 Å². The molecule has 0 unspecified atom stereocenters. The van der Waals surface area contributed by atoms with Gasteiger partial charge in [-0.05, 0) is 67.4 Å². The molecule has 3 rings (SSSR count). The Morgan fingerprint density at radius 3 is 2.37 bits per heavy atom. The molecule has 0 spiro atoms. The number of urea groups is 1. The van der Waals surface area contributed by atoms with Gasteiger partial charge in [-0.1, -0.05) is 12.1 Å². The standard InChI is InChI=1S/C23H25N3O4/c1-16-5-3-7-21(17(16)2)30-14-12-22(27)25-18-8-10-19(11-9-18)26-23(28)24-15-20-6-4-13-29-20/h3-11,13H,12,14-15H2,1-2H3,(H,25,27)(H2,24,26,28). The summed E-state index contributed by atoms with van der Waals surface area (Å²) in [7, 11) is 0. The first-order valence-corrected chi connectivity index (χ1v) is 9.67. The quantitative estimate of drug-likeness (QED) is 0.508. The van der Waals surface area contributed by atoms with Crippen molar-refractivity contribution in [3.8, 4) is 5.75 Å². The average Bonchev–Trinajstić information content (AvgIpc) is 3.25. The number of rotatable bonds is 8. The van der Waals surface area contributed by atoms with Crippen LogP contribution in [0.2, 0.25) is 0 Å². The van der Waals surface area contributed by atoms with Gasteiger partial charge in [0.2, 0.25) is 5.91 Å². The van der Waals surface area contributed by atoms with Crippen molar-refractivity contribution in [2.75, 3.05) is 17.2 Å². The Hall–Kier alpha value is -3.74. The SMILES string of the molecule is Cc1cccc(OCCC(=O)Nc2ccc(NC(=O)NCc3ccco3)cc2)c1C. The van der Waals surface area contributed by atoms with Gasteiger partial charge in [0.05, 0.1) is 25.8 Å². The Balaban J connectivity index is 1.40. The summed E-state index contributed by atoms with van der Waals surface area (Å²) in [6.45, 7) is 4.62. The van der Waals surface area contributed by atoms with E-state index in [0.29, 0.717) is 30.3 Å². The summed E-state index contributed by atoms with van der Waals surface area (Å²) < 4.78 is 10.9. The number of carbonyl (C=O) groups excluding carboxylic acids is 2. The summed E-state index contributed by atoms with van der Waals surface area (Å²) >= 11 is 0. The lowest BCUT2D eigenvalue weighted by Gasteiger charge is -2.11. The molecule has 0 fully saturated rings. The van der Waals surface area contributed by atoms with E-state index in [1.807, 2.05) is 32.0 Å². The van der Waals surface area contributed by atoms with E-state index >= 15 is 0 Å². The van der Waals surface area contributed by atoms with Crippen LogP contribution < -0.4 is 20.7 Å². The normalized spacial score (nSPS) is 10.3. The van der Waals surface area contributed by atoms with Gasteiger partial charge in [0.15, 0.2) is 0 Å². The highest BCUT2D eigenvalue weighted by molar-refractivity contribution is 5.92. The molecule has 2 aromatic carbocycles. The number of ether oxygens (including phenoxy) is 1. The lowest BCUT2D eigenvalue weighted by Crippen LogP contribution is -2.27. The third-order valence-corrected chi connectivity index (χ3v) is 4.57. The van der Waals surface area contributed by atoms with Crippen molar-refractivity contribution in [2.24, 2.45) is 0 Å². The second-order valence-electron chi connectivity index (χ2n) is 6.81. The maximum atomic E-state index is 12.1. The van der Waals surface area contributed by atoms with Crippen LogP contribution in [0, 0.1) is 13.8 Å². The fourth-order valence-corrected chi connectivity index (χ4v) is 2.75. The third kappa shape index (κ3) is 6.13. The van der Waals surface area contributed by atoms with E-state index in [9.17, 15) is 9.59 Å². The molecule has 3 N–H and O–H groups in total. The number of hydrogen-bond acceptors (Lipinski definition) is 4. The van der Waals surface area contributed by atoms with E-state index in [4.69, 9.17) is 9.15 Å². The molecule has 0 saturated carbocycles. The van der Waals surface area contributed by atoms with Gasteiger partial charge in [0, 0.05) is 11.4 Å². The Morgan fingerprint density at radius 2 is 1.67 bits per heavy atom. The van der Waals surface area contributed by atoms with Crippen molar-refractivity contribution >= 4 is 23.3 Å². The van der Waals surface area contributed by atoms with Crippen LogP contribution in [-0.2, 0) is 11.3 Å². The van der Waals surface area contributed by atoms with Crippen molar-refractivity contribution in [1.29, 1.82) is 0 Å². The van der Waals surface area contributed by atoms with Crippen molar-refractivity contribution in [2.45, 2.75) is 26.8 Å². The summed E-state index contributed by atoms with van der Waals surface area (Å²) in [5.41, 5.74) is 3.49. The number of hydrogen-bond donors (Lipinski definition) is 3. The van der Waals surface area contributed by atoms with Crippen molar-refractivity contribution < 1.29 is 18.7 Å². The van der Waals surface area contributed by atoms with Crippen molar-refractivity contribution in [3.05, 3.63) is 77.7 Å². The van der Waals surface area contributed by atoms with E-state index in [1.54, 1.807) is 42.7 Å². The number of aryl methyl sites for hydroxylation is 1. The van der Waals surface area contributed by atoms with Crippen LogP contribution in [0.25, 0.3) is 0 Å². The van der Waals surface area contributed by atoms with Gasteiger partial charge in [0.25, 0.3) is 0 Å². The fraction of sp³-hybridized carbons (Fsp3) is 0.217. The molecule has 30 heavy (non-hydrogen) atoms. The lowest BCUT2D eigenvalue weighted by molar-refractivity contribution is -0.116. The van der Waals surface area contributed by atoms with Crippen molar-refractivity contribution in [1.82, 2.24) is 5.32 Å². The molecule has 0 saturated heterocycles.